The van der Waals surface area contributed by atoms with Crippen LogP contribution in [0, 0.1) is 0 Å². The van der Waals surface area contributed by atoms with Crippen molar-refractivity contribution in [2.45, 2.75) is 6.10 Å². The van der Waals surface area contributed by atoms with E-state index in [9.17, 15) is 14.4 Å². The number of aliphatic hydroxyl groups excluding tert-OH is 1. The summed E-state index contributed by atoms with van der Waals surface area (Å²) in [5, 5.41) is 9.11. The van der Waals surface area contributed by atoms with Gasteiger partial charge in [0.1, 0.15) is 0 Å². The minimum absolute atomic E-state index is 0.162. The number of H-pyrrole nitrogens is 1. The molecule has 0 unspecified atom stereocenters. The maximum absolute atomic E-state index is 11.2. The molecule has 5 nitrogen and oxygen atoms in total. The fourth-order valence-corrected chi connectivity index (χ4v) is 1.26. The Morgan fingerprint density at radius 1 is 1.08 bits per heavy atom. The number of Topliss-reactive ketones (excluding diaryl/α,β-unsaturated/α-hetero) is 2. The van der Waals surface area contributed by atoms with Crippen LogP contribution in [0.5, 0.6) is 0 Å². The number of rotatable bonds is 0. The molecule has 0 aliphatic heterocycles. The summed E-state index contributed by atoms with van der Waals surface area (Å²) < 4.78 is 0. The Kier molecular flexibility index (Phi) is 1.43. The zero-order chi connectivity index (χ0) is 9.59. The van der Waals surface area contributed by atoms with Gasteiger partial charge in [0.15, 0.2) is 6.10 Å². The monoisotopic (exact) mass is 179 g/mol. The van der Waals surface area contributed by atoms with E-state index in [1.165, 1.54) is 12.4 Å². The predicted octanol–water partition coefficient (Wildman–Crippen LogP) is -0.885. The number of hydrogen-bond acceptors (Lipinski definition) is 4. The molecule has 1 aliphatic rings. The van der Waals surface area contributed by atoms with Gasteiger partial charge in [-0.3, -0.25) is 14.4 Å². The average Bonchev–Trinajstić information content (AvgIpc) is 2.13. The van der Waals surface area contributed by atoms with E-state index >= 15 is 0 Å². The molecular formula is C8H5NO4. The SMILES string of the molecule is O=C1c2c[nH]cc(c2=O)C(=O)C1O. The second-order valence-electron chi connectivity index (χ2n) is 2.74. The van der Waals surface area contributed by atoms with Crippen molar-refractivity contribution in [3.05, 3.63) is 33.7 Å². The van der Waals surface area contributed by atoms with Crippen LogP contribution in [0.1, 0.15) is 20.7 Å². The van der Waals surface area contributed by atoms with Gasteiger partial charge >= 0.3 is 0 Å². The zero-order valence-electron chi connectivity index (χ0n) is 6.40. The third-order valence-electron chi connectivity index (χ3n) is 1.97. The van der Waals surface area contributed by atoms with Crippen molar-refractivity contribution >= 4 is 11.6 Å². The molecule has 2 bridgehead atoms. The van der Waals surface area contributed by atoms with Crippen molar-refractivity contribution in [3.8, 4) is 0 Å². The molecule has 1 aromatic heterocycles. The second kappa shape index (κ2) is 2.37. The summed E-state index contributed by atoms with van der Waals surface area (Å²) in [6.07, 6.45) is 0.658. The number of carbonyl (C=O) groups is 2. The molecule has 0 aromatic carbocycles. The predicted molar refractivity (Wildman–Crippen MR) is 41.7 cm³/mol. The molecule has 1 aliphatic carbocycles. The number of ketones is 2. The molecule has 66 valence electrons. The van der Waals surface area contributed by atoms with E-state index in [1.54, 1.807) is 0 Å². The molecule has 0 fully saturated rings. The molecular weight excluding hydrogens is 174 g/mol. The molecule has 0 atom stereocenters. The van der Waals surface area contributed by atoms with Crippen LogP contribution in [0.4, 0.5) is 0 Å². The van der Waals surface area contributed by atoms with Crippen molar-refractivity contribution in [1.29, 1.82) is 0 Å². The van der Waals surface area contributed by atoms with Crippen LogP contribution in [-0.4, -0.2) is 27.8 Å². The van der Waals surface area contributed by atoms with E-state index in [1.807, 2.05) is 0 Å². The van der Waals surface area contributed by atoms with Crippen LogP contribution < -0.4 is 5.43 Å². The summed E-state index contributed by atoms with van der Waals surface area (Å²) in [4.78, 5) is 36.0. The lowest BCUT2D eigenvalue weighted by molar-refractivity contribution is 0.0614. The summed E-state index contributed by atoms with van der Waals surface area (Å²) >= 11 is 0. The summed E-state index contributed by atoms with van der Waals surface area (Å²) in [5.74, 6) is -1.67. The van der Waals surface area contributed by atoms with Crippen molar-refractivity contribution < 1.29 is 14.7 Å². The summed E-state index contributed by atoms with van der Waals surface area (Å²) in [7, 11) is 0. The Balaban J connectivity index is 2.84. The fraction of sp³-hybridized carbons (Fsp3) is 0.125. The van der Waals surface area contributed by atoms with E-state index in [0.717, 1.165) is 0 Å². The quantitative estimate of drug-likeness (QED) is 0.506. The topological polar surface area (TPSA) is 87.2 Å². The second-order valence-corrected chi connectivity index (χ2v) is 2.74. The largest absolute Gasteiger partial charge is 0.377 e. The molecule has 0 saturated carbocycles. The number of carbonyl (C=O) groups excluding carboxylic acids is 2. The molecule has 0 amide bonds. The smallest absolute Gasteiger partial charge is 0.204 e. The van der Waals surface area contributed by atoms with Gasteiger partial charge in [0, 0.05) is 12.4 Å². The van der Waals surface area contributed by atoms with Gasteiger partial charge in [0.25, 0.3) is 0 Å². The van der Waals surface area contributed by atoms with E-state index in [2.05, 4.69) is 4.98 Å². The van der Waals surface area contributed by atoms with E-state index in [-0.39, 0.29) is 11.1 Å². The summed E-state index contributed by atoms with van der Waals surface area (Å²) in [6.45, 7) is 0. The van der Waals surface area contributed by atoms with Crippen LogP contribution in [0.15, 0.2) is 17.2 Å². The minimum Gasteiger partial charge on any atom is -0.377 e. The number of pyridine rings is 1. The maximum atomic E-state index is 11.2. The molecule has 0 radical (unpaired) electrons. The van der Waals surface area contributed by atoms with Crippen molar-refractivity contribution in [2.75, 3.05) is 0 Å². The Morgan fingerprint density at radius 2 is 1.54 bits per heavy atom. The zero-order valence-corrected chi connectivity index (χ0v) is 6.40. The highest BCUT2D eigenvalue weighted by molar-refractivity contribution is 6.21. The first-order valence-electron chi connectivity index (χ1n) is 3.60. The first kappa shape index (κ1) is 7.88. The molecule has 2 rings (SSSR count). The highest BCUT2D eigenvalue weighted by Gasteiger charge is 2.35. The number of aromatic nitrogens is 1. The third kappa shape index (κ3) is 0.874. The summed E-state index contributed by atoms with van der Waals surface area (Å²) in [5.41, 5.74) is -0.937. The van der Waals surface area contributed by atoms with Crippen LogP contribution in [0.2, 0.25) is 0 Å². The standard InChI is InChI=1S/C8H5NO4/c10-5-3-1-9-2-4(5)7(12)8(13)6(3)11/h1-2,8,13H,(H,9,10). The maximum Gasteiger partial charge on any atom is 0.204 e. The molecule has 1 aromatic rings. The number of nitrogens with one attached hydrogen (secondary N) is 1. The van der Waals surface area contributed by atoms with E-state index in [0.29, 0.717) is 0 Å². The molecule has 0 spiro atoms. The van der Waals surface area contributed by atoms with Crippen LogP contribution in [0.3, 0.4) is 0 Å². The highest BCUT2D eigenvalue weighted by Crippen LogP contribution is 2.09. The van der Waals surface area contributed by atoms with Crippen LogP contribution in [0.25, 0.3) is 0 Å². The Labute approximate surface area is 72.0 Å². The number of aliphatic hydroxyl groups is 1. The molecule has 1 heterocycles. The normalized spacial score (nSPS) is 16.4. The Morgan fingerprint density at radius 3 is 2.00 bits per heavy atom. The lowest BCUT2D eigenvalue weighted by Gasteiger charge is -2.13. The third-order valence-corrected chi connectivity index (χ3v) is 1.97. The number of aromatic amines is 1. The van der Waals surface area contributed by atoms with Crippen molar-refractivity contribution in [2.24, 2.45) is 0 Å². The minimum atomic E-state index is -1.71. The first-order chi connectivity index (χ1) is 6.13. The van der Waals surface area contributed by atoms with Crippen LogP contribution in [-0.2, 0) is 0 Å². The molecule has 0 saturated heterocycles. The Bertz CT molecular complexity index is 422. The highest BCUT2D eigenvalue weighted by atomic mass is 16.3. The van der Waals surface area contributed by atoms with Gasteiger partial charge in [-0.25, -0.2) is 0 Å². The summed E-state index contributed by atoms with van der Waals surface area (Å²) in [6, 6.07) is 0. The molecule has 5 heteroatoms. The van der Waals surface area contributed by atoms with Gasteiger partial charge in [0.2, 0.25) is 17.0 Å². The Hall–Kier alpha value is -1.75. The van der Waals surface area contributed by atoms with Crippen molar-refractivity contribution in [3.63, 3.8) is 0 Å². The fourth-order valence-electron chi connectivity index (χ4n) is 1.26. The molecule has 13 heavy (non-hydrogen) atoms. The van der Waals surface area contributed by atoms with Crippen molar-refractivity contribution in [1.82, 2.24) is 4.98 Å². The van der Waals surface area contributed by atoms with Crippen LogP contribution >= 0.6 is 0 Å². The van der Waals surface area contributed by atoms with Gasteiger partial charge in [0.05, 0.1) is 11.1 Å². The lowest BCUT2D eigenvalue weighted by atomic mass is 9.93. The van der Waals surface area contributed by atoms with Gasteiger partial charge in [-0.05, 0) is 0 Å². The number of hydrogen-bond donors (Lipinski definition) is 2. The number of fused-ring (bicyclic) bond motifs is 2. The molecule has 2 N–H and O–H groups in total. The average molecular weight is 179 g/mol. The van der Waals surface area contributed by atoms with E-state index in [4.69, 9.17) is 5.11 Å². The van der Waals surface area contributed by atoms with Gasteiger partial charge in [-0.1, -0.05) is 0 Å². The lowest BCUT2D eigenvalue weighted by Crippen LogP contribution is -2.42. The van der Waals surface area contributed by atoms with E-state index < -0.39 is 23.1 Å². The van der Waals surface area contributed by atoms with Gasteiger partial charge in [-0.2, -0.15) is 0 Å². The van der Waals surface area contributed by atoms with Gasteiger partial charge < -0.3 is 10.1 Å². The van der Waals surface area contributed by atoms with Gasteiger partial charge in [-0.15, -0.1) is 0 Å². The first-order valence-corrected chi connectivity index (χ1v) is 3.60.